The number of esters is 2. The van der Waals surface area contributed by atoms with E-state index in [-0.39, 0.29) is 11.1 Å². The summed E-state index contributed by atoms with van der Waals surface area (Å²) < 4.78 is 11.0. The molecule has 0 saturated carbocycles. The van der Waals surface area contributed by atoms with Gasteiger partial charge in [0.1, 0.15) is 16.7 Å². The second-order valence-electron chi connectivity index (χ2n) is 8.20. The number of morpholine rings is 1. The first kappa shape index (κ1) is 20.0. The Morgan fingerprint density at radius 1 is 0.900 bits per heavy atom. The van der Waals surface area contributed by atoms with E-state index in [2.05, 4.69) is 5.32 Å². The van der Waals surface area contributed by atoms with Gasteiger partial charge in [0.05, 0.1) is 12.7 Å². The number of carbonyl (C=O) groups excluding carboxylic acids is 3. The van der Waals surface area contributed by atoms with Gasteiger partial charge >= 0.3 is 11.9 Å². The van der Waals surface area contributed by atoms with Crippen molar-refractivity contribution in [3.63, 3.8) is 0 Å². The second kappa shape index (κ2) is 6.64. The Labute approximate surface area is 174 Å². The maximum atomic E-state index is 13.6. The highest BCUT2D eigenvalue weighted by atomic mass is 16.6. The highest BCUT2D eigenvalue weighted by Crippen LogP contribution is 2.55. The van der Waals surface area contributed by atoms with E-state index in [1.807, 2.05) is 30.3 Å². The summed E-state index contributed by atoms with van der Waals surface area (Å²) in [6.45, 7) is 5.03. The molecule has 0 aromatic heterocycles. The summed E-state index contributed by atoms with van der Waals surface area (Å²) >= 11 is 0. The van der Waals surface area contributed by atoms with Crippen LogP contribution in [0.4, 0.5) is 0 Å². The van der Waals surface area contributed by atoms with Gasteiger partial charge in [0.15, 0.2) is 5.78 Å². The zero-order chi connectivity index (χ0) is 21.7. The SMILES string of the molecule is COC(=O)C1=C(C(=O)c2ccccc2)C2(C)NC1(c1ccccc1)C(C)(C)OC2=O. The first-order chi connectivity index (χ1) is 14.2. The number of ether oxygens (including phenoxy) is 2. The molecule has 30 heavy (non-hydrogen) atoms. The van der Waals surface area contributed by atoms with E-state index in [0.717, 1.165) is 0 Å². The maximum Gasteiger partial charge on any atom is 0.336 e. The minimum atomic E-state index is -1.51. The van der Waals surface area contributed by atoms with Crippen molar-refractivity contribution in [1.29, 1.82) is 0 Å². The number of fused-ring (bicyclic) bond motifs is 2. The molecule has 2 aliphatic heterocycles. The van der Waals surface area contributed by atoms with Crippen LogP contribution >= 0.6 is 0 Å². The zero-order valence-electron chi connectivity index (χ0n) is 17.3. The highest BCUT2D eigenvalue weighted by Gasteiger charge is 2.70. The lowest BCUT2D eigenvalue weighted by atomic mass is 9.71. The fraction of sp³-hybridized carbons (Fsp3) is 0.292. The molecule has 4 rings (SSSR count). The molecule has 2 unspecified atom stereocenters. The molecular weight excluding hydrogens is 382 g/mol. The molecule has 1 fully saturated rings. The number of Topliss-reactive ketones (excluding diaryl/α,β-unsaturated/α-hetero) is 1. The summed E-state index contributed by atoms with van der Waals surface area (Å²) in [5.41, 5.74) is -2.72. The number of hydrogen-bond acceptors (Lipinski definition) is 6. The van der Waals surface area contributed by atoms with Crippen molar-refractivity contribution in [3.05, 3.63) is 82.9 Å². The van der Waals surface area contributed by atoms with Gasteiger partial charge in [-0.2, -0.15) is 0 Å². The van der Waals surface area contributed by atoms with Gasteiger partial charge in [-0.15, -0.1) is 0 Å². The minimum absolute atomic E-state index is 0.0555. The number of cyclic esters (lactones) is 1. The number of rotatable bonds is 4. The maximum absolute atomic E-state index is 13.6. The van der Waals surface area contributed by atoms with Gasteiger partial charge in [-0.05, 0) is 26.3 Å². The van der Waals surface area contributed by atoms with Crippen LogP contribution in [0, 0.1) is 0 Å². The molecular formula is C24H23NO5. The molecule has 154 valence electrons. The van der Waals surface area contributed by atoms with Crippen LogP contribution in [0.2, 0.25) is 0 Å². The van der Waals surface area contributed by atoms with E-state index in [4.69, 9.17) is 9.47 Å². The monoisotopic (exact) mass is 405 g/mol. The number of nitrogens with one attached hydrogen (secondary N) is 1. The molecule has 0 aliphatic carbocycles. The van der Waals surface area contributed by atoms with Crippen molar-refractivity contribution >= 4 is 17.7 Å². The molecule has 2 aliphatic rings. The van der Waals surface area contributed by atoms with E-state index in [0.29, 0.717) is 11.1 Å². The van der Waals surface area contributed by atoms with Gasteiger partial charge in [-0.3, -0.25) is 10.1 Å². The molecule has 6 nitrogen and oxygen atoms in total. The summed E-state index contributed by atoms with van der Waals surface area (Å²) in [5, 5.41) is 3.33. The Morgan fingerprint density at radius 3 is 2.03 bits per heavy atom. The van der Waals surface area contributed by atoms with Crippen molar-refractivity contribution < 1.29 is 23.9 Å². The van der Waals surface area contributed by atoms with Gasteiger partial charge in [0.25, 0.3) is 0 Å². The zero-order valence-corrected chi connectivity index (χ0v) is 17.3. The molecule has 0 amide bonds. The van der Waals surface area contributed by atoms with Crippen molar-refractivity contribution in [2.75, 3.05) is 7.11 Å². The van der Waals surface area contributed by atoms with Crippen LogP contribution in [0.3, 0.4) is 0 Å². The van der Waals surface area contributed by atoms with E-state index in [1.165, 1.54) is 7.11 Å². The van der Waals surface area contributed by atoms with Crippen LogP contribution in [0.15, 0.2) is 71.8 Å². The number of benzene rings is 2. The Kier molecular flexibility index (Phi) is 4.43. The van der Waals surface area contributed by atoms with Gasteiger partial charge < -0.3 is 9.47 Å². The Morgan fingerprint density at radius 2 is 1.47 bits per heavy atom. The Hall–Kier alpha value is -3.25. The van der Waals surface area contributed by atoms with Crippen molar-refractivity contribution in [2.24, 2.45) is 0 Å². The third-order valence-corrected chi connectivity index (χ3v) is 6.08. The van der Waals surface area contributed by atoms with E-state index >= 15 is 0 Å². The number of methoxy groups -OCH3 is 1. The largest absolute Gasteiger partial charge is 0.466 e. The van der Waals surface area contributed by atoms with Crippen molar-refractivity contribution in [3.8, 4) is 0 Å². The molecule has 2 aromatic carbocycles. The molecule has 1 saturated heterocycles. The molecule has 1 N–H and O–H groups in total. The van der Waals surface area contributed by atoms with Crippen LogP contribution in [0.1, 0.15) is 36.7 Å². The Bertz CT molecular complexity index is 1070. The molecule has 2 aromatic rings. The van der Waals surface area contributed by atoms with Crippen LogP contribution in [0.25, 0.3) is 0 Å². The van der Waals surface area contributed by atoms with Gasteiger partial charge in [-0.25, -0.2) is 9.59 Å². The van der Waals surface area contributed by atoms with E-state index < -0.39 is 34.4 Å². The molecule has 2 atom stereocenters. The van der Waals surface area contributed by atoms with Gasteiger partial charge in [0.2, 0.25) is 0 Å². The van der Waals surface area contributed by atoms with Crippen LogP contribution in [-0.4, -0.2) is 36.0 Å². The minimum Gasteiger partial charge on any atom is -0.466 e. The number of carbonyl (C=O) groups is 3. The predicted molar refractivity (Wildman–Crippen MR) is 110 cm³/mol. The fourth-order valence-corrected chi connectivity index (χ4v) is 4.64. The molecule has 6 heteroatoms. The van der Waals surface area contributed by atoms with Crippen LogP contribution in [-0.2, 0) is 24.6 Å². The summed E-state index contributed by atoms with van der Waals surface area (Å²) in [6.07, 6.45) is 0. The average Bonchev–Trinajstić information content (AvgIpc) is 3.03. The van der Waals surface area contributed by atoms with Crippen molar-refractivity contribution in [1.82, 2.24) is 5.32 Å². The molecule has 0 radical (unpaired) electrons. The highest BCUT2D eigenvalue weighted by molar-refractivity contribution is 6.20. The third-order valence-electron chi connectivity index (χ3n) is 6.08. The van der Waals surface area contributed by atoms with Gasteiger partial charge in [-0.1, -0.05) is 60.7 Å². The van der Waals surface area contributed by atoms with E-state index in [9.17, 15) is 14.4 Å². The quantitative estimate of drug-likeness (QED) is 0.622. The van der Waals surface area contributed by atoms with Crippen LogP contribution < -0.4 is 5.32 Å². The first-order valence-electron chi connectivity index (χ1n) is 9.70. The Balaban J connectivity index is 2.11. The number of hydrogen-bond donors (Lipinski definition) is 1. The molecule has 2 bridgehead atoms. The molecule has 0 spiro atoms. The lowest BCUT2D eigenvalue weighted by molar-refractivity contribution is -0.182. The topological polar surface area (TPSA) is 81.7 Å². The lowest BCUT2D eigenvalue weighted by Crippen LogP contribution is -2.70. The smallest absolute Gasteiger partial charge is 0.336 e. The summed E-state index contributed by atoms with van der Waals surface area (Å²) in [5.74, 6) is -1.71. The fourth-order valence-electron chi connectivity index (χ4n) is 4.64. The lowest BCUT2D eigenvalue weighted by Gasteiger charge is -2.50. The normalized spacial score (nSPS) is 26.9. The average molecular weight is 405 g/mol. The second-order valence-corrected chi connectivity index (χ2v) is 8.20. The molecule has 2 heterocycles. The van der Waals surface area contributed by atoms with Crippen LogP contribution in [0.5, 0.6) is 0 Å². The van der Waals surface area contributed by atoms with Crippen molar-refractivity contribution in [2.45, 2.75) is 37.5 Å². The van der Waals surface area contributed by atoms with E-state index in [1.54, 1.807) is 51.1 Å². The van der Waals surface area contributed by atoms with Gasteiger partial charge in [0, 0.05) is 11.1 Å². The predicted octanol–water partition coefficient (Wildman–Crippen LogP) is 2.93. The number of ketones is 1. The third kappa shape index (κ3) is 2.50. The summed E-state index contributed by atoms with van der Waals surface area (Å²) in [4.78, 5) is 40.0. The summed E-state index contributed by atoms with van der Waals surface area (Å²) in [6, 6.07) is 17.8. The summed E-state index contributed by atoms with van der Waals surface area (Å²) in [7, 11) is 1.26. The first-order valence-corrected chi connectivity index (χ1v) is 9.70. The standard InChI is InChI=1S/C24H23NO5/c1-22(2)24(16-13-9-6-10-14-16)18(20(27)29-4)17(23(3,25-24)21(28)30-22)19(26)15-11-7-5-8-12-15/h5-14,25H,1-4H3.